The van der Waals surface area contributed by atoms with Crippen molar-refractivity contribution in [3.05, 3.63) is 46.5 Å². The van der Waals surface area contributed by atoms with Crippen LogP contribution in [0.15, 0.2) is 35.3 Å². The van der Waals surface area contributed by atoms with E-state index in [4.69, 9.17) is 0 Å². The lowest BCUT2D eigenvalue weighted by Gasteiger charge is -2.12. The van der Waals surface area contributed by atoms with Gasteiger partial charge in [0, 0.05) is 17.1 Å². The standard InChI is InChI=1S/C13H18BrN/c1-4-5-11(3)15-9-12-7-6-10(2)13(14)8-12/h4,6-8,11,15H,1,5,9H2,2-3H3. The van der Waals surface area contributed by atoms with Crippen LogP contribution < -0.4 is 5.32 Å². The number of halogens is 1. The molecular formula is C13H18BrN. The number of hydrogen-bond donors (Lipinski definition) is 1. The van der Waals surface area contributed by atoms with Crippen LogP contribution in [0.5, 0.6) is 0 Å². The predicted octanol–water partition coefficient (Wildman–Crippen LogP) is 3.81. The van der Waals surface area contributed by atoms with Gasteiger partial charge in [0.1, 0.15) is 0 Å². The van der Waals surface area contributed by atoms with Gasteiger partial charge in [0.25, 0.3) is 0 Å². The highest BCUT2D eigenvalue weighted by Crippen LogP contribution is 2.17. The maximum absolute atomic E-state index is 3.73. The molecule has 0 aliphatic heterocycles. The average Bonchev–Trinajstić information content (AvgIpc) is 2.20. The molecule has 1 aromatic rings. The summed E-state index contributed by atoms with van der Waals surface area (Å²) in [5.74, 6) is 0. The third-order valence-electron chi connectivity index (χ3n) is 2.41. The van der Waals surface area contributed by atoms with Gasteiger partial charge in [-0.1, -0.05) is 34.1 Å². The van der Waals surface area contributed by atoms with E-state index >= 15 is 0 Å². The summed E-state index contributed by atoms with van der Waals surface area (Å²) in [6.07, 6.45) is 2.95. The van der Waals surface area contributed by atoms with E-state index in [9.17, 15) is 0 Å². The van der Waals surface area contributed by atoms with Gasteiger partial charge in [0.15, 0.2) is 0 Å². The third-order valence-corrected chi connectivity index (χ3v) is 3.27. The van der Waals surface area contributed by atoms with Crippen molar-refractivity contribution in [3.63, 3.8) is 0 Å². The molecule has 1 nitrogen and oxygen atoms in total. The van der Waals surface area contributed by atoms with E-state index in [1.807, 2.05) is 6.08 Å². The van der Waals surface area contributed by atoms with Crippen molar-refractivity contribution in [3.8, 4) is 0 Å². The summed E-state index contributed by atoms with van der Waals surface area (Å²) >= 11 is 3.54. The lowest BCUT2D eigenvalue weighted by atomic mass is 10.1. The molecule has 0 saturated carbocycles. The highest BCUT2D eigenvalue weighted by atomic mass is 79.9. The molecule has 1 N–H and O–H groups in total. The first-order chi connectivity index (χ1) is 7.13. The van der Waals surface area contributed by atoms with Gasteiger partial charge in [-0.3, -0.25) is 0 Å². The minimum absolute atomic E-state index is 0.488. The van der Waals surface area contributed by atoms with Crippen LogP contribution in [0.2, 0.25) is 0 Å². The maximum Gasteiger partial charge on any atom is 0.0208 e. The third kappa shape index (κ3) is 4.18. The zero-order valence-electron chi connectivity index (χ0n) is 9.39. The molecule has 0 radical (unpaired) electrons. The summed E-state index contributed by atoms with van der Waals surface area (Å²) < 4.78 is 1.18. The topological polar surface area (TPSA) is 12.0 Å². The quantitative estimate of drug-likeness (QED) is 0.801. The Morgan fingerprint density at radius 1 is 1.53 bits per heavy atom. The van der Waals surface area contributed by atoms with Crippen LogP contribution in [-0.4, -0.2) is 6.04 Å². The molecule has 15 heavy (non-hydrogen) atoms. The average molecular weight is 268 g/mol. The van der Waals surface area contributed by atoms with E-state index in [0.717, 1.165) is 13.0 Å². The smallest absolute Gasteiger partial charge is 0.0208 e. The monoisotopic (exact) mass is 267 g/mol. The lowest BCUT2D eigenvalue weighted by Crippen LogP contribution is -2.24. The summed E-state index contributed by atoms with van der Waals surface area (Å²) in [5, 5.41) is 3.45. The van der Waals surface area contributed by atoms with Crippen LogP contribution in [0.25, 0.3) is 0 Å². The van der Waals surface area contributed by atoms with Crippen molar-refractivity contribution < 1.29 is 0 Å². The van der Waals surface area contributed by atoms with Gasteiger partial charge >= 0.3 is 0 Å². The molecule has 0 bridgehead atoms. The molecule has 0 spiro atoms. The molecule has 0 aliphatic rings. The van der Waals surface area contributed by atoms with Crippen molar-refractivity contribution in [2.45, 2.75) is 32.9 Å². The van der Waals surface area contributed by atoms with Gasteiger partial charge in [-0.05, 0) is 37.5 Å². The Labute approximate surface area is 101 Å². The molecule has 0 heterocycles. The summed E-state index contributed by atoms with van der Waals surface area (Å²) in [4.78, 5) is 0. The summed E-state index contributed by atoms with van der Waals surface area (Å²) in [6, 6.07) is 6.96. The van der Waals surface area contributed by atoms with E-state index in [2.05, 4.69) is 59.9 Å². The second kappa shape index (κ2) is 6.09. The molecule has 0 amide bonds. The van der Waals surface area contributed by atoms with Crippen molar-refractivity contribution in [1.29, 1.82) is 0 Å². The van der Waals surface area contributed by atoms with Gasteiger partial charge in [-0.15, -0.1) is 6.58 Å². The molecule has 0 fully saturated rings. The number of nitrogens with one attached hydrogen (secondary N) is 1. The van der Waals surface area contributed by atoms with Gasteiger partial charge < -0.3 is 5.32 Å². The van der Waals surface area contributed by atoms with Gasteiger partial charge in [-0.2, -0.15) is 0 Å². The van der Waals surface area contributed by atoms with Crippen LogP contribution in [0.4, 0.5) is 0 Å². The highest BCUT2D eigenvalue weighted by Gasteiger charge is 2.00. The Bertz CT molecular complexity index is 333. The van der Waals surface area contributed by atoms with Crippen LogP contribution in [0.3, 0.4) is 0 Å². The summed E-state index contributed by atoms with van der Waals surface area (Å²) in [7, 11) is 0. The molecule has 0 aliphatic carbocycles. The molecule has 1 unspecified atom stereocenters. The normalized spacial score (nSPS) is 12.5. The highest BCUT2D eigenvalue weighted by molar-refractivity contribution is 9.10. The number of rotatable bonds is 5. The molecule has 2 heteroatoms. The first-order valence-corrected chi connectivity index (χ1v) is 6.02. The first-order valence-electron chi connectivity index (χ1n) is 5.22. The molecule has 0 saturated heterocycles. The minimum Gasteiger partial charge on any atom is -0.310 e. The summed E-state index contributed by atoms with van der Waals surface area (Å²) in [5.41, 5.74) is 2.58. The summed E-state index contributed by atoms with van der Waals surface area (Å²) in [6.45, 7) is 8.91. The van der Waals surface area contributed by atoms with E-state index in [0.29, 0.717) is 6.04 Å². The SMILES string of the molecule is C=CCC(C)NCc1ccc(C)c(Br)c1. The Morgan fingerprint density at radius 2 is 2.27 bits per heavy atom. The molecule has 0 aromatic heterocycles. The number of hydrogen-bond acceptors (Lipinski definition) is 1. The maximum atomic E-state index is 3.73. The van der Waals surface area contributed by atoms with Crippen LogP contribution in [0.1, 0.15) is 24.5 Å². The van der Waals surface area contributed by atoms with Crippen LogP contribution in [-0.2, 0) is 6.54 Å². The number of benzene rings is 1. The van der Waals surface area contributed by atoms with E-state index in [1.165, 1.54) is 15.6 Å². The number of aryl methyl sites for hydroxylation is 1. The molecule has 1 atom stereocenters. The minimum atomic E-state index is 0.488. The van der Waals surface area contributed by atoms with Gasteiger partial charge in [0.05, 0.1) is 0 Å². The Balaban J connectivity index is 2.50. The molecular weight excluding hydrogens is 250 g/mol. The van der Waals surface area contributed by atoms with Gasteiger partial charge in [-0.25, -0.2) is 0 Å². The Kier molecular flexibility index (Phi) is 5.06. The fourth-order valence-corrected chi connectivity index (χ4v) is 1.80. The fourth-order valence-electron chi connectivity index (χ4n) is 1.37. The largest absolute Gasteiger partial charge is 0.310 e. The zero-order valence-corrected chi connectivity index (χ0v) is 11.0. The van der Waals surface area contributed by atoms with Crippen molar-refractivity contribution >= 4 is 15.9 Å². The van der Waals surface area contributed by atoms with Crippen molar-refractivity contribution in [2.24, 2.45) is 0 Å². The van der Waals surface area contributed by atoms with Gasteiger partial charge in [0.2, 0.25) is 0 Å². The zero-order chi connectivity index (χ0) is 11.3. The second-order valence-electron chi connectivity index (χ2n) is 3.89. The molecule has 1 aromatic carbocycles. The Hall–Kier alpha value is -0.600. The van der Waals surface area contributed by atoms with E-state index in [1.54, 1.807) is 0 Å². The van der Waals surface area contributed by atoms with Crippen molar-refractivity contribution in [1.82, 2.24) is 5.32 Å². The van der Waals surface area contributed by atoms with Crippen LogP contribution in [0, 0.1) is 6.92 Å². The molecule has 82 valence electrons. The predicted molar refractivity (Wildman–Crippen MR) is 70.0 cm³/mol. The first kappa shape index (κ1) is 12.5. The lowest BCUT2D eigenvalue weighted by molar-refractivity contribution is 0.554. The molecule has 1 rings (SSSR count). The van der Waals surface area contributed by atoms with E-state index in [-0.39, 0.29) is 0 Å². The fraction of sp³-hybridized carbons (Fsp3) is 0.385. The van der Waals surface area contributed by atoms with E-state index < -0.39 is 0 Å². The second-order valence-corrected chi connectivity index (χ2v) is 4.74. The Morgan fingerprint density at radius 3 is 2.87 bits per heavy atom. The van der Waals surface area contributed by atoms with Crippen LogP contribution >= 0.6 is 15.9 Å². The van der Waals surface area contributed by atoms with Crippen molar-refractivity contribution in [2.75, 3.05) is 0 Å².